The highest BCUT2D eigenvalue weighted by Crippen LogP contribution is 2.28. The molecule has 0 saturated carbocycles. The van der Waals surface area contributed by atoms with Crippen molar-refractivity contribution in [2.75, 3.05) is 26.5 Å². The molecule has 0 aliphatic rings. The van der Waals surface area contributed by atoms with Crippen LogP contribution in [-0.2, 0) is 14.3 Å². The maximum Gasteiger partial charge on any atom is 0.407 e. The molecule has 1 amide bonds. The van der Waals surface area contributed by atoms with Crippen LogP contribution in [0.3, 0.4) is 0 Å². The van der Waals surface area contributed by atoms with Gasteiger partial charge in [0, 0.05) is 19.5 Å². The van der Waals surface area contributed by atoms with E-state index in [1.807, 2.05) is 0 Å². The van der Waals surface area contributed by atoms with Crippen molar-refractivity contribution >= 4 is 39.4 Å². The van der Waals surface area contributed by atoms with Crippen LogP contribution >= 0.6 is 23.2 Å². The van der Waals surface area contributed by atoms with Gasteiger partial charge in [-0.15, -0.1) is 0 Å². The van der Waals surface area contributed by atoms with Gasteiger partial charge in [-0.25, -0.2) is 4.79 Å². The molecular weight excluding hydrogens is 353 g/mol. The summed E-state index contributed by atoms with van der Waals surface area (Å²) in [5.74, 6) is -0.266. The number of carboxylic acid groups (broad SMARTS) is 1. The van der Waals surface area contributed by atoms with Crippen molar-refractivity contribution in [3.8, 4) is 0 Å². The smallest absolute Gasteiger partial charge is 0.407 e. The van der Waals surface area contributed by atoms with Crippen molar-refractivity contribution in [3.63, 3.8) is 0 Å². The van der Waals surface area contributed by atoms with Crippen molar-refractivity contribution in [2.45, 2.75) is 12.3 Å². The topological polar surface area (TPSA) is 83.9 Å². The summed E-state index contributed by atoms with van der Waals surface area (Å²) in [6, 6.07) is 4.99. The SMILES string of the molecule is CN(CC(CCOS(C)(=O)=O)c1ccc(Cl)c(Cl)c1)C(=O)O. The lowest BCUT2D eigenvalue weighted by atomic mass is 9.95. The molecule has 22 heavy (non-hydrogen) atoms. The zero-order valence-electron chi connectivity index (χ0n) is 12.1. The third-order valence-corrected chi connectivity index (χ3v) is 4.33. The minimum absolute atomic E-state index is 0.0444. The van der Waals surface area contributed by atoms with Crippen LogP contribution in [0.4, 0.5) is 4.79 Å². The third kappa shape index (κ3) is 6.39. The highest BCUT2D eigenvalue weighted by molar-refractivity contribution is 7.85. The summed E-state index contributed by atoms with van der Waals surface area (Å²) in [4.78, 5) is 12.1. The highest BCUT2D eigenvalue weighted by Gasteiger charge is 2.19. The second-order valence-electron chi connectivity index (χ2n) is 4.85. The molecule has 1 rings (SSSR count). The number of halogens is 2. The van der Waals surface area contributed by atoms with Crippen LogP contribution in [-0.4, -0.2) is 51.0 Å². The van der Waals surface area contributed by atoms with Crippen LogP contribution in [0.5, 0.6) is 0 Å². The molecule has 0 radical (unpaired) electrons. The van der Waals surface area contributed by atoms with Gasteiger partial charge in [-0.1, -0.05) is 29.3 Å². The van der Waals surface area contributed by atoms with E-state index in [1.165, 1.54) is 7.05 Å². The van der Waals surface area contributed by atoms with E-state index in [9.17, 15) is 13.2 Å². The number of nitrogens with zero attached hydrogens (tertiary/aromatic N) is 1. The monoisotopic (exact) mass is 369 g/mol. The van der Waals surface area contributed by atoms with Gasteiger partial charge in [0.05, 0.1) is 22.9 Å². The fraction of sp³-hybridized carbons (Fsp3) is 0.462. The van der Waals surface area contributed by atoms with Gasteiger partial charge in [-0.3, -0.25) is 4.18 Å². The summed E-state index contributed by atoms with van der Waals surface area (Å²) < 4.78 is 26.8. The molecule has 1 aromatic rings. The van der Waals surface area contributed by atoms with Gasteiger partial charge in [-0.2, -0.15) is 8.42 Å². The van der Waals surface area contributed by atoms with E-state index in [4.69, 9.17) is 32.5 Å². The molecule has 0 saturated heterocycles. The lowest BCUT2D eigenvalue weighted by molar-refractivity contribution is 0.151. The summed E-state index contributed by atoms with van der Waals surface area (Å²) in [5.41, 5.74) is 0.764. The zero-order chi connectivity index (χ0) is 16.9. The predicted octanol–water partition coefficient (Wildman–Crippen LogP) is 3.05. The lowest BCUT2D eigenvalue weighted by Gasteiger charge is -2.22. The Hall–Kier alpha value is -1.02. The number of amides is 1. The van der Waals surface area contributed by atoms with Gasteiger partial charge in [0.15, 0.2) is 0 Å². The molecule has 0 aliphatic carbocycles. The van der Waals surface area contributed by atoms with E-state index in [2.05, 4.69) is 0 Å². The van der Waals surface area contributed by atoms with Gasteiger partial charge < -0.3 is 10.0 Å². The Morgan fingerprint density at radius 1 is 1.36 bits per heavy atom. The Labute approximate surface area is 139 Å². The minimum Gasteiger partial charge on any atom is -0.465 e. The van der Waals surface area contributed by atoms with Gasteiger partial charge >= 0.3 is 6.09 Å². The molecule has 124 valence electrons. The van der Waals surface area contributed by atoms with E-state index in [1.54, 1.807) is 18.2 Å². The molecule has 1 aromatic carbocycles. The molecule has 1 unspecified atom stereocenters. The van der Waals surface area contributed by atoms with E-state index in [0.717, 1.165) is 16.7 Å². The lowest BCUT2D eigenvalue weighted by Crippen LogP contribution is -2.30. The second kappa shape index (κ2) is 8.01. The zero-order valence-corrected chi connectivity index (χ0v) is 14.5. The van der Waals surface area contributed by atoms with Gasteiger partial charge in [0.1, 0.15) is 0 Å². The Morgan fingerprint density at radius 3 is 2.50 bits per heavy atom. The van der Waals surface area contributed by atoms with Crippen molar-refractivity contribution in [1.29, 1.82) is 0 Å². The molecule has 1 atom stereocenters. The number of hydrogen-bond donors (Lipinski definition) is 1. The molecule has 0 bridgehead atoms. The van der Waals surface area contributed by atoms with E-state index in [0.29, 0.717) is 16.5 Å². The van der Waals surface area contributed by atoms with Crippen molar-refractivity contribution in [1.82, 2.24) is 4.90 Å². The molecule has 1 N–H and O–H groups in total. The first-order valence-electron chi connectivity index (χ1n) is 6.33. The van der Waals surface area contributed by atoms with Crippen LogP contribution in [0, 0.1) is 0 Å². The molecule has 6 nitrogen and oxygen atoms in total. The average Bonchev–Trinajstić information content (AvgIpc) is 2.39. The molecule has 0 aliphatic heterocycles. The maximum atomic E-state index is 11.0. The van der Waals surface area contributed by atoms with Crippen LogP contribution in [0.1, 0.15) is 17.9 Å². The van der Waals surface area contributed by atoms with Crippen LogP contribution in [0.15, 0.2) is 18.2 Å². The Bertz CT molecular complexity index is 635. The Morgan fingerprint density at radius 2 is 2.00 bits per heavy atom. The largest absolute Gasteiger partial charge is 0.465 e. The fourth-order valence-corrected chi connectivity index (χ4v) is 2.59. The minimum atomic E-state index is -3.54. The first kappa shape index (κ1) is 19.0. The van der Waals surface area contributed by atoms with E-state index < -0.39 is 16.2 Å². The Balaban J connectivity index is 2.89. The van der Waals surface area contributed by atoms with Gasteiger partial charge in [-0.05, 0) is 24.1 Å². The van der Waals surface area contributed by atoms with Crippen molar-refractivity contribution < 1.29 is 22.5 Å². The van der Waals surface area contributed by atoms with Crippen molar-refractivity contribution in [3.05, 3.63) is 33.8 Å². The summed E-state index contributed by atoms with van der Waals surface area (Å²) in [7, 11) is -2.10. The van der Waals surface area contributed by atoms with Gasteiger partial charge in [0.2, 0.25) is 0 Å². The number of hydrogen-bond acceptors (Lipinski definition) is 4. The van der Waals surface area contributed by atoms with E-state index >= 15 is 0 Å². The van der Waals surface area contributed by atoms with Crippen molar-refractivity contribution in [2.24, 2.45) is 0 Å². The Kier molecular flexibility index (Phi) is 6.93. The number of rotatable bonds is 7. The first-order valence-corrected chi connectivity index (χ1v) is 8.91. The third-order valence-electron chi connectivity index (χ3n) is 3.00. The molecule has 9 heteroatoms. The summed E-state index contributed by atoms with van der Waals surface area (Å²) in [5, 5.41) is 9.73. The molecule has 0 spiro atoms. The number of carbonyl (C=O) groups is 1. The summed E-state index contributed by atoms with van der Waals surface area (Å²) in [6.45, 7) is 0.137. The van der Waals surface area contributed by atoms with Crippen LogP contribution in [0.2, 0.25) is 10.0 Å². The molecule has 0 fully saturated rings. The van der Waals surface area contributed by atoms with Crippen LogP contribution < -0.4 is 0 Å². The quantitative estimate of drug-likeness (QED) is 0.746. The normalized spacial score (nSPS) is 12.9. The van der Waals surface area contributed by atoms with Gasteiger partial charge in [0.25, 0.3) is 10.1 Å². The summed E-state index contributed by atoms with van der Waals surface area (Å²) in [6.07, 6.45) is 0.210. The van der Waals surface area contributed by atoms with Crippen LogP contribution in [0.25, 0.3) is 0 Å². The average molecular weight is 370 g/mol. The second-order valence-corrected chi connectivity index (χ2v) is 7.31. The molecular formula is C13H17Cl2NO5S. The summed E-state index contributed by atoms with van der Waals surface area (Å²) >= 11 is 11.8. The highest BCUT2D eigenvalue weighted by atomic mass is 35.5. The van der Waals surface area contributed by atoms with E-state index in [-0.39, 0.29) is 19.1 Å². The fourth-order valence-electron chi connectivity index (χ4n) is 1.88. The predicted molar refractivity (Wildman–Crippen MR) is 85.3 cm³/mol. The molecule has 0 aromatic heterocycles. The molecule has 0 heterocycles. The maximum absolute atomic E-state index is 11.0. The first-order chi connectivity index (χ1) is 10.1. The standard InChI is InChI=1S/C13H17Cl2NO5S/c1-16(13(17)18)8-10(5-6-21-22(2,19)20)9-3-4-11(14)12(15)7-9/h3-4,7,10H,5-6,8H2,1-2H3,(H,17,18). The number of benzene rings is 1. The number of likely N-dealkylation sites (N-methyl/N-ethyl adjacent to an activating group) is 1.